The molecule has 2 aliphatic rings. The van der Waals surface area contributed by atoms with Gasteiger partial charge in [0.05, 0.1) is 11.6 Å². The zero-order chi connectivity index (χ0) is 28.0. The molecular weight excluding hydrogens is 515 g/mol. The van der Waals surface area contributed by atoms with Crippen molar-refractivity contribution in [2.24, 2.45) is 0 Å². The number of carbonyl (C=O) groups is 1. The van der Waals surface area contributed by atoms with E-state index in [2.05, 4.69) is 27.4 Å². The number of benzene rings is 2. The van der Waals surface area contributed by atoms with Gasteiger partial charge in [0.2, 0.25) is 5.91 Å². The third kappa shape index (κ3) is 7.08. The van der Waals surface area contributed by atoms with Crippen LogP contribution in [-0.2, 0) is 17.5 Å². The number of hydrogen-bond donors (Lipinski definition) is 1. The first-order valence-corrected chi connectivity index (χ1v) is 13.7. The average Bonchev–Trinajstić information content (AvgIpc) is 3.39. The highest BCUT2D eigenvalue weighted by molar-refractivity contribution is 5.82. The van der Waals surface area contributed by atoms with Crippen LogP contribution in [0.3, 0.4) is 0 Å². The van der Waals surface area contributed by atoms with Gasteiger partial charge in [-0.15, -0.1) is 0 Å². The highest BCUT2D eigenvalue weighted by atomic mass is 19.4. The molecule has 2 aliphatic heterocycles. The normalized spacial score (nSPS) is 20.4. The number of likely N-dealkylation sites (tertiary alicyclic amines) is 1. The van der Waals surface area contributed by atoms with E-state index >= 15 is 0 Å². The van der Waals surface area contributed by atoms with Crippen LogP contribution in [0.5, 0.6) is 0 Å². The van der Waals surface area contributed by atoms with E-state index in [0.29, 0.717) is 51.4 Å². The fraction of sp³-hybridized carbons (Fsp3) is 0.355. The van der Waals surface area contributed by atoms with Crippen molar-refractivity contribution in [3.8, 4) is 0 Å². The molecule has 5 rings (SSSR count). The maximum atomic E-state index is 13.7. The Labute approximate surface area is 233 Å². The predicted molar refractivity (Wildman–Crippen MR) is 151 cm³/mol. The van der Waals surface area contributed by atoms with Gasteiger partial charge in [-0.2, -0.15) is 13.2 Å². The molecule has 0 aliphatic carbocycles. The van der Waals surface area contributed by atoms with E-state index in [1.54, 1.807) is 18.5 Å². The van der Waals surface area contributed by atoms with Gasteiger partial charge in [0.15, 0.2) is 0 Å². The van der Waals surface area contributed by atoms with Crippen LogP contribution in [0.15, 0.2) is 85.2 Å². The number of alkyl halides is 3. The molecule has 2 atom stereocenters. The molecule has 3 heterocycles. The lowest BCUT2D eigenvalue weighted by Crippen LogP contribution is -2.53. The van der Waals surface area contributed by atoms with Crippen molar-refractivity contribution in [2.75, 3.05) is 44.2 Å². The van der Waals surface area contributed by atoms with E-state index in [1.807, 2.05) is 52.3 Å². The summed E-state index contributed by atoms with van der Waals surface area (Å²) in [6, 6.07) is 19.4. The molecule has 3 aromatic rings. The van der Waals surface area contributed by atoms with E-state index in [9.17, 15) is 18.0 Å². The summed E-state index contributed by atoms with van der Waals surface area (Å²) in [5.41, 5.74) is 2.14. The van der Waals surface area contributed by atoms with Crippen molar-refractivity contribution in [1.82, 2.24) is 20.1 Å². The fourth-order valence-electron chi connectivity index (χ4n) is 5.44. The molecule has 1 aromatic heterocycles. The largest absolute Gasteiger partial charge is 0.416 e. The molecule has 9 heteroatoms. The molecule has 0 unspecified atom stereocenters. The second-order valence-corrected chi connectivity index (χ2v) is 10.3. The summed E-state index contributed by atoms with van der Waals surface area (Å²) >= 11 is 0. The lowest BCUT2D eigenvalue weighted by atomic mass is 10.1. The number of amides is 1. The third-order valence-corrected chi connectivity index (χ3v) is 7.61. The number of carbonyl (C=O) groups excluding carboxylic acids is 1. The van der Waals surface area contributed by atoms with Crippen molar-refractivity contribution in [3.63, 3.8) is 0 Å². The van der Waals surface area contributed by atoms with Gasteiger partial charge < -0.3 is 15.1 Å². The molecule has 0 saturated carbocycles. The lowest BCUT2D eigenvalue weighted by Gasteiger charge is -2.38. The molecule has 2 saturated heterocycles. The number of anilines is 1. The lowest BCUT2D eigenvalue weighted by molar-refractivity contribution is -0.137. The summed E-state index contributed by atoms with van der Waals surface area (Å²) in [6.45, 7) is 4.07. The Kier molecular flexibility index (Phi) is 8.81. The number of pyridine rings is 1. The molecule has 2 fully saturated rings. The topological polar surface area (TPSA) is 51.7 Å². The molecule has 6 nitrogen and oxygen atoms in total. The Balaban J connectivity index is 1.22. The number of nitrogens with one attached hydrogen (secondary N) is 1. The van der Waals surface area contributed by atoms with Gasteiger partial charge in [-0.05, 0) is 47.9 Å². The van der Waals surface area contributed by atoms with Crippen molar-refractivity contribution in [2.45, 2.75) is 31.2 Å². The highest BCUT2D eigenvalue weighted by Gasteiger charge is 2.39. The molecule has 1 amide bonds. The van der Waals surface area contributed by atoms with Crippen LogP contribution in [0.25, 0.3) is 6.08 Å². The van der Waals surface area contributed by atoms with Crippen LogP contribution in [0.1, 0.15) is 23.1 Å². The van der Waals surface area contributed by atoms with Gasteiger partial charge in [0.1, 0.15) is 0 Å². The minimum atomic E-state index is -4.38. The van der Waals surface area contributed by atoms with Crippen LogP contribution in [-0.4, -0.2) is 72.0 Å². The average molecular weight is 550 g/mol. The van der Waals surface area contributed by atoms with Crippen LogP contribution in [0.4, 0.5) is 18.9 Å². The Hall–Kier alpha value is -3.69. The smallest absolute Gasteiger partial charge is 0.368 e. The molecule has 40 heavy (non-hydrogen) atoms. The number of rotatable bonds is 8. The second-order valence-electron chi connectivity index (χ2n) is 10.3. The van der Waals surface area contributed by atoms with E-state index < -0.39 is 11.7 Å². The minimum absolute atomic E-state index is 0.0880. The van der Waals surface area contributed by atoms with Gasteiger partial charge in [0.25, 0.3) is 0 Å². The van der Waals surface area contributed by atoms with E-state index in [-0.39, 0.29) is 18.0 Å². The maximum Gasteiger partial charge on any atom is 0.416 e. The molecule has 0 spiro atoms. The van der Waals surface area contributed by atoms with Crippen LogP contribution in [0.2, 0.25) is 0 Å². The van der Waals surface area contributed by atoms with Crippen LogP contribution < -0.4 is 10.2 Å². The van der Waals surface area contributed by atoms with Crippen molar-refractivity contribution in [1.29, 1.82) is 0 Å². The quantitative estimate of drug-likeness (QED) is 0.442. The molecule has 210 valence electrons. The zero-order valence-electron chi connectivity index (χ0n) is 22.3. The number of aromatic nitrogens is 1. The van der Waals surface area contributed by atoms with Gasteiger partial charge in [-0.25, -0.2) is 0 Å². The fourth-order valence-corrected chi connectivity index (χ4v) is 5.44. The minimum Gasteiger partial charge on any atom is -0.368 e. The molecular formula is C31H34F3N5O. The SMILES string of the molecule is O=C([C@@H]1C[C@H](NCc2ccncc2)CN1C/C=C/c1ccccc1)N1CCN(c2cccc(C(F)(F)F)c2)CC1. The first-order chi connectivity index (χ1) is 19.4. The van der Waals surface area contributed by atoms with Gasteiger partial charge >= 0.3 is 6.18 Å². The van der Waals surface area contributed by atoms with E-state index in [1.165, 1.54) is 12.1 Å². The highest BCUT2D eigenvalue weighted by Crippen LogP contribution is 2.32. The van der Waals surface area contributed by atoms with E-state index in [0.717, 1.165) is 23.7 Å². The Morgan fingerprint density at radius 1 is 0.975 bits per heavy atom. The van der Waals surface area contributed by atoms with Gasteiger partial charge in [-0.3, -0.25) is 14.7 Å². The monoisotopic (exact) mass is 549 g/mol. The number of piperazine rings is 1. The first-order valence-electron chi connectivity index (χ1n) is 13.7. The molecule has 2 aromatic carbocycles. The summed E-state index contributed by atoms with van der Waals surface area (Å²) in [7, 11) is 0. The van der Waals surface area contributed by atoms with Gasteiger partial charge in [-0.1, -0.05) is 48.6 Å². The molecule has 1 N–H and O–H groups in total. The predicted octanol–water partition coefficient (Wildman–Crippen LogP) is 4.70. The Morgan fingerprint density at radius 2 is 1.73 bits per heavy atom. The van der Waals surface area contributed by atoms with Crippen LogP contribution >= 0.6 is 0 Å². The molecule has 0 radical (unpaired) electrons. The van der Waals surface area contributed by atoms with Crippen molar-refractivity contribution < 1.29 is 18.0 Å². The number of nitrogens with zero attached hydrogens (tertiary/aromatic N) is 4. The Morgan fingerprint density at radius 3 is 2.45 bits per heavy atom. The second kappa shape index (κ2) is 12.7. The number of hydrogen-bond acceptors (Lipinski definition) is 5. The van der Waals surface area contributed by atoms with Gasteiger partial charge in [0, 0.05) is 69.9 Å². The number of halogens is 3. The Bertz CT molecular complexity index is 1280. The van der Waals surface area contributed by atoms with E-state index in [4.69, 9.17) is 0 Å². The van der Waals surface area contributed by atoms with Crippen molar-refractivity contribution in [3.05, 3.63) is 102 Å². The van der Waals surface area contributed by atoms with Crippen LogP contribution in [0, 0.1) is 0 Å². The summed E-state index contributed by atoms with van der Waals surface area (Å²) in [6.07, 6.45) is 4.06. The molecule has 0 bridgehead atoms. The summed E-state index contributed by atoms with van der Waals surface area (Å²) in [5.74, 6) is 0.0880. The summed E-state index contributed by atoms with van der Waals surface area (Å²) in [5, 5.41) is 3.61. The third-order valence-electron chi connectivity index (χ3n) is 7.61. The summed E-state index contributed by atoms with van der Waals surface area (Å²) < 4.78 is 39.6. The maximum absolute atomic E-state index is 13.7. The standard InChI is InChI=1S/C31H34F3N5O/c32-31(33,34)26-9-4-10-28(20-26)37-16-18-38(19-17-37)30(40)29-21-27(36-22-25-11-13-35-14-12-25)23-39(29)15-5-8-24-6-2-1-3-7-24/h1-14,20,27,29,36H,15-19,21-23H2/b8-5+/t27-,29-/m0/s1. The van der Waals surface area contributed by atoms with Crippen molar-refractivity contribution >= 4 is 17.7 Å². The zero-order valence-corrected chi connectivity index (χ0v) is 22.3. The summed E-state index contributed by atoms with van der Waals surface area (Å²) in [4.78, 5) is 23.8. The first kappa shape index (κ1) is 27.9.